The molecule has 7 heteroatoms. The standard InChI is InChI=1S/C2H4F3NO2S/c3-1-2(4,5)9(6,7)8/h1H2,(H2,6,7,8). The number of primary sulfonamides is 1. The van der Waals surface area contributed by atoms with Gasteiger partial charge in [0.15, 0.2) is 6.67 Å². The van der Waals surface area contributed by atoms with E-state index in [2.05, 4.69) is 5.14 Å². The van der Waals surface area contributed by atoms with Crippen molar-refractivity contribution in [3.63, 3.8) is 0 Å². The third-order valence-electron chi connectivity index (χ3n) is 0.572. The highest BCUT2D eigenvalue weighted by molar-refractivity contribution is 7.90. The summed E-state index contributed by atoms with van der Waals surface area (Å²) in [6.07, 6.45) is 0. The zero-order valence-corrected chi connectivity index (χ0v) is 4.96. The Bertz CT molecular complexity index is 186. The van der Waals surface area contributed by atoms with Gasteiger partial charge in [-0.2, -0.15) is 8.78 Å². The Kier molecular flexibility index (Phi) is 2.07. The van der Waals surface area contributed by atoms with Crippen LogP contribution in [0.5, 0.6) is 0 Å². The van der Waals surface area contributed by atoms with Crippen LogP contribution in [0.2, 0.25) is 0 Å². The molecule has 0 atom stereocenters. The van der Waals surface area contributed by atoms with E-state index in [4.69, 9.17) is 0 Å². The summed E-state index contributed by atoms with van der Waals surface area (Å²) in [5.74, 6) is 0. The van der Waals surface area contributed by atoms with Crippen molar-refractivity contribution in [2.45, 2.75) is 5.25 Å². The summed E-state index contributed by atoms with van der Waals surface area (Å²) in [5.41, 5.74) is 0. The van der Waals surface area contributed by atoms with Gasteiger partial charge in [0.2, 0.25) is 0 Å². The SMILES string of the molecule is NS(=O)(=O)C(F)(F)CF. The van der Waals surface area contributed by atoms with Gasteiger partial charge in [0.1, 0.15) is 0 Å². The highest BCUT2D eigenvalue weighted by atomic mass is 32.2. The van der Waals surface area contributed by atoms with E-state index in [9.17, 15) is 21.6 Å². The zero-order chi connectivity index (χ0) is 7.71. The lowest BCUT2D eigenvalue weighted by atomic mass is 10.8. The van der Waals surface area contributed by atoms with Crippen LogP contribution in [0.3, 0.4) is 0 Å². The van der Waals surface area contributed by atoms with Gasteiger partial charge in [0.05, 0.1) is 0 Å². The molecule has 0 heterocycles. The zero-order valence-electron chi connectivity index (χ0n) is 4.14. The van der Waals surface area contributed by atoms with Crippen molar-refractivity contribution < 1.29 is 21.6 Å². The molecule has 0 radical (unpaired) electrons. The first-order chi connectivity index (χ1) is 3.81. The number of hydrogen-bond donors (Lipinski definition) is 1. The minimum absolute atomic E-state index is 2.29. The third-order valence-corrected chi connectivity index (χ3v) is 1.51. The molecular weight excluding hydrogens is 159 g/mol. The number of rotatable bonds is 2. The summed E-state index contributed by atoms with van der Waals surface area (Å²) in [6.45, 7) is -2.29. The van der Waals surface area contributed by atoms with Crippen molar-refractivity contribution in [1.82, 2.24) is 0 Å². The van der Waals surface area contributed by atoms with Gasteiger partial charge in [-0.1, -0.05) is 0 Å². The average molecular weight is 163 g/mol. The minimum Gasteiger partial charge on any atom is -0.243 e. The lowest BCUT2D eigenvalue weighted by molar-refractivity contribution is 0.0620. The van der Waals surface area contributed by atoms with Crippen LogP contribution >= 0.6 is 0 Å². The maximum Gasteiger partial charge on any atom is 0.386 e. The summed E-state index contributed by atoms with van der Waals surface area (Å²) in [4.78, 5) is 0. The number of halogens is 3. The van der Waals surface area contributed by atoms with E-state index in [1.54, 1.807) is 0 Å². The highest BCUT2D eigenvalue weighted by Crippen LogP contribution is 2.18. The van der Waals surface area contributed by atoms with Gasteiger partial charge in [0.25, 0.3) is 10.0 Å². The van der Waals surface area contributed by atoms with E-state index in [0.717, 1.165) is 0 Å². The molecule has 9 heavy (non-hydrogen) atoms. The first kappa shape index (κ1) is 8.70. The van der Waals surface area contributed by atoms with Crippen LogP contribution in [0.1, 0.15) is 0 Å². The Morgan fingerprint density at radius 3 is 1.78 bits per heavy atom. The average Bonchev–Trinajstić information content (AvgIpc) is 1.64. The van der Waals surface area contributed by atoms with Crippen LogP contribution in [0.15, 0.2) is 0 Å². The molecule has 0 aromatic rings. The fourth-order valence-corrected chi connectivity index (χ4v) is 0.228. The largest absolute Gasteiger partial charge is 0.386 e. The van der Waals surface area contributed by atoms with Crippen LogP contribution < -0.4 is 5.14 Å². The third kappa shape index (κ3) is 1.83. The van der Waals surface area contributed by atoms with Crippen molar-refractivity contribution in [3.8, 4) is 0 Å². The molecule has 0 saturated carbocycles. The van der Waals surface area contributed by atoms with Gasteiger partial charge in [0, 0.05) is 0 Å². The van der Waals surface area contributed by atoms with E-state index in [0.29, 0.717) is 0 Å². The van der Waals surface area contributed by atoms with Crippen LogP contribution in [0, 0.1) is 0 Å². The molecule has 0 rings (SSSR count). The molecule has 56 valence electrons. The van der Waals surface area contributed by atoms with Gasteiger partial charge in [-0.25, -0.2) is 17.9 Å². The molecule has 0 aliphatic rings. The number of sulfonamides is 1. The van der Waals surface area contributed by atoms with Crippen molar-refractivity contribution >= 4 is 10.0 Å². The molecule has 0 saturated heterocycles. The molecule has 2 N–H and O–H groups in total. The number of hydrogen-bond acceptors (Lipinski definition) is 2. The van der Waals surface area contributed by atoms with Crippen molar-refractivity contribution in [2.24, 2.45) is 5.14 Å². The summed E-state index contributed by atoms with van der Waals surface area (Å²) in [6, 6.07) is 0. The Balaban J connectivity index is 4.56. The summed E-state index contributed by atoms with van der Waals surface area (Å²) in [7, 11) is -5.06. The summed E-state index contributed by atoms with van der Waals surface area (Å²) >= 11 is 0. The van der Waals surface area contributed by atoms with E-state index in [-0.39, 0.29) is 0 Å². The highest BCUT2D eigenvalue weighted by Gasteiger charge is 2.42. The van der Waals surface area contributed by atoms with Gasteiger partial charge < -0.3 is 0 Å². The van der Waals surface area contributed by atoms with Gasteiger partial charge in [-0.3, -0.25) is 0 Å². The Morgan fingerprint density at radius 2 is 1.78 bits per heavy atom. The molecule has 0 fully saturated rings. The predicted octanol–water partition coefficient (Wildman–Crippen LogP) is -0.163. The maximum absolute atomic E-state index is 11.6. The number of nitrogens with two attached hydrogens (primary N) is 1. The molecule has 0 spiro atoms. The fraction of sp³-hybridized carbons (Fsp3) is 1.00. The van der Waals surface area contributed by atoms with E-state index >= 15 is 0 Å². The van der Waals surface area contributed by atoms with Gasteiger partial charge in [-0.15, -0.1) is 0 Å². The molecule has 0 unspecified atom stereocenters. The van der Waals surface area contributed by atoms with Crippen LogP contribution in [-0.2, 0) is 10.0 Å². The van der Waals surface area contributed by atoms with E-state index in [1.807, 2.05) is 0 Å². The second kappa shape index (κ2) is 2.14. The molecule has 0 aromatic carbocycles. The van der Waals surface area contributed by atoms with Crippen LogP contribution in [-0.4, -0.2) is 20.3 Å². The first-order valence-corrected chi connectivity index (χ1v) is 3.32. The molecule has 0 aromatic heterocycles. The Morgan fingerprint density at radius 1 is 1.44 bits per heavy atom. The molecular formula is C2H4F3NO2S. The van der Waals surface area contributed by atoms with Crippen molar-refractivity contribution in [1.29, 1.82) is 0 Å². The van der Waals surface area contributed by atoms with Gasteiger partial charge >= 0.3 is 5.25 Å². The first-order valence-electron chi connectivity index (χ1n) is 1.77. The Labute approximate surface area is 49.7 Å². The minimum atomic E-state index is -5.06. The Hall–Kier alpha value is -0.300. The molecule has 3 nitrogen and oxygen atoms in total. The predicted molar refractivity (Wildman–Crippen MR) is 24.0 cm³/mol. The van der Waals surface area contributed by atoms with Crippen molar-refractivity contribution in [3.05, 3.63) is 0 Å². The quantitative estimate of drug-likeness (QED) is 0.614. The lowest BCUT2D eigenvalue weighted by Crippen LogP contribution is -2.36. The smallest absolute Gasteiger partial charge is 0.243 e. The topological polar surface area (TPSA) is 60.2 Å². The van der Waals surface area contributed by atoms with E-state index in [1.165, 1.54) is 0 Å². The van der Waals surface area contributed by atoms with Crippen LogP contribution in [0.25, 0.3) is 0 Å². The lowest BCUT2D eigenvalue weighted by Gasteiger charge is -2.06. The second-order valence-corrected chi connectivity index (χ2v) is 3.00. The van der Waals surface area contributed by atoms with E-state index < -0.39 is 22.0 Å². The molecule has 0 aliphatic heterocycles. The van der Waals surface area contributed by atoms with Gasteiger partial charge in [-0.05, 0) is 0 Å². The van der Waals surface area contributed by atoms with Crippen molar-refractivity contribution in [2.75, 3.05) is 6.67 Å². The van der Waals surface area contributed by atoms with Crippen LogP contribution in [0.4, 0.5) is 13.2 Å². The number of alkyl halides is 3. The normalized spacial score (nSPS) is 13.8. The molecule has 0 bridgehead atoms. The maximum atomic E-state index is 11.6. The monoisotopic (exact) mass is 163 g/mol. The summed E-state index contributed by atoms with van der Waals surface area (Å²) in [5, 5.41) is -0.532. The fourth-order valence-electron chi connectivity index (χ4n) is 0.0760. The summed E-state index contributed by atoms with van der Waals surface area (Å²) < 4.78 is 53.5. The molecule has 0 amide bonds. The second-order valence-electron chi connectivity index (χ2n) is 1.32. The molecule has 0 aliphatic carbocycles.